The van der Waals surface area contributed by atoms with Gasteiger partial charge in [0.25, 0.3) is 0 Å². The molecule has 4 unspecified atom stereocenters. The van der Waals surface area contributed by atoms with E-state index in [4.69, 9.17) is 18.9 Å². The van der Waals surface area contributed by atoms with Crippen molar-refractivity contribution < 1.29 is 38.1 Å². The van der Waals surface area contributed by atoms with Crippen molar-refractivity contribution in [2.24, 2.45) is 17.8 Å². The van der Waals surface area contributed by atoms with Gasteiger partial charge in [0.2, 0.25) is 6.29 Å². The fraction of sp³-hybridized carbons (Fsp3) is 0.600. The number of allylic oxidation sites excluding steroid dienone is 1. The summed E-state index contributed by atoms with van der Waals surface area (Å²) < 4.78 is 21.6. The van der Waals surface area contributed by atoms with Crippen LogP contribution in [0.2, 0.25) is 0 Å². The molecule has 33 heavy (non-hydrogen) atoms. The molecule has 0 aromatic carbocycles. The van der Waals surface area contributed by atoms with E-state index in [1.807, 2.05) is 19.9 Å². The maximum absolute atomic E-state index is 13.1. The van der Waals surface area contributed by atoms with E-state index < -0.39 is 42.1 Å². The third-order valence-corrected chi connectivity index (χ3v) is 5.76. The number of Topliss-reactive ketones (excluding diaryl/α,β-unsaturated/α-hetero) is 1. The highest BCUT2D eigenvalue weighted by Gasteiger charge is 2.45. The lowest BCUT2D eigenvalue weighted by Gasteiger charge is -2.40. The fourth-order valence-corrected chi connectivity index (χ4v) is 4.38. The number of rotatable bonds is 7. The lowest BCUT2D eigenvalue weighted by Crippen LogP contribution is -2.43. The summed E-state index contributed by atoms with van der Waals surface area (Å²) in [6.45, 7) is 10.6. The molecule has 0 fully saturated rings. The number of hydrogen-bond acceptors (Lipinski definition) is 8. The molecule has 0 bridgehead atoms. The monoisotopic (exact) mass is 462 g/mol. The van der Waals surface area contributed by atoms with Crippen LogP contribution in [0.5, 0.6) is 0 Å². The molecule has 4 atom stereocenters. The van der Waals surface area contributed by atoms with Gasteiger partial charge in [0.15, 0.2) is 11.9 Å². The summed E-state index contributed by atoms with van der Waals surface area (Å²) in [5.41, 5.74) is 1.77. The Kier molecular flexibility index (Phi) is 9.44. The first-order valence-electron chi connectivity index (χ1n) is 11.2. The fourth-order valence-electron chi connectivity index (χ4n) is 4.38. The number of carbonyl (C=O) groups is 4. The summed E-state index contributed by atoms with van der Waals surface area (Å²) in [5.74, 6) is -2.56. The first-order chi connectivity index (χ1) is 15.5. The minimum Gasteiger partial charge on any atom is -0.466 e. The van der Waals surface area contributed by atoms with Crippen molar-refractivity contribution >= 4 is 23.7 Å². The molecule has 0 saturated carbocycles. The van der Waals surface area contributed by atoms with Gasteiger partial charge in [0.05, 0.1) is 19.3 Å². The van der Waals surface area contributed by atoms with Crippen molar-refractivity contribution in [2.75, 3.05) is 7.11 Å². The van der Waals surface area contributed by atoms with Gasteiger partial charge in [-0.05, 0) is 31.6 Å². The number of fused-ring (bicyclic) bond motifs is 1. The van der Waals surface area contributed by atoms with Crippen LogP contribution < -0.4 is 0 Å². The van der Waals surface area contributed by atoms with Crippen LogP contribution in [-0.4, -0.2) is 43.2 Å². The van der Waals surface area contributed by atoms with E-state index in [1.165, 1.54) is 27.2 Å². The van der Waals surface area contributed by atoms with Crippen molar-refractivity contribution in [3.8, 4) is 0 Å². The average Bonchev–Trinajstić information content (AvgIpc) is 2.80. The van der Waals surface area contributed by atoms with Crippen LogP contribution in [-0.2, 0) is 38.1 Å². The zero-order valence-electron chi connectivity index (χ0n) is 20.1. The Morgan fingerprint density at radius 1 is 1.15 bits per heavy atom. The van der Waals surface area contributed by atoms with E-state index >= 15 is 0 Å². The van der Waals surface area contributed by atoms with Gasteiger partial charge in [0.1, 0.15) is 0 Å². The zero-order valence-corrected chi connectivity index (χ0v) is 20.1. The molecule has 1 aliphatic carbocycles. The number of hydrogen-bond donors (Lipinski definition) is 0. The first kappa shape index (κ1) is 26.4. The van der Waals surface area contributed by atoms with E-state index in [-0.39, 0.29) is 18.1 Å². The maximum atomic E-state index is 13.1. The Labute approximate surface area is 195 Å². The molecule has 0 radical (unpaired) electrons. The van der Waals surface area contributed by atoms with Gasteiger partial charge in [0, 0.05) is 37.3 Å². The highest BCUT2D eigenvalue weighted by Crippen LogP contribution is 2.43. The minimum atomic E-state index is -1.13. The second kappa shape index (κ2) is 11.8. The lowest BCUT2D eigenvalue weighted by atomic mass is 9.74. The van der Waals surface area contributed by atoms with Crippen LogP contribution in [0.3, 0.4) is 0 Å². The van der Waals surface area contributed by atoms with Crippen LogP contribution >= 0.6 is 0 Å². The summed E-state index contributed by atoms with van der Waals surface area (Å²) in [5, 5.41) is 0. The smallest absolute Gasteiger partial charge is 0.333 e. The molecule has 2 rings (SSSR count). The molecule has 0 aromatic heterocycles. The summed E-state index contributed by atoms with van der Waals surface area (Å²) >= 11 is 0. The maximum Gasteiger partial charge on any atom is 0.333 e. The molecule has 2 aliphatic rings. The summed E-state index contributed by atoms with van der Waals surface area (Å²) in [6, 6.07) is 0. The molecule has 0 spiro atoms. The predicted molar refractivity (Wildman–Crippen MR) is 119 cm³/mol. The largest absolute Gasteiger partial charge is 0.466 e. The zero-order chi connectivity index (χ0) is 24.7. The number of carbonyl (C=O) groups excluding carboxylic acids is 4. The Bertz CT molecular complexity index is 850. The standard InChI is InChI=1S/C25H34O8/c1-14(2)12-21(28)23(32-16(4)26)20-13-31-25(33-17(5)27)22-15(3)8-7-9-18(24(29)30-6)10-11-19(20)22/h9,13-14,19,22-23,25H,3,7-8,10-12H2,1-2,4-6H3. The highest BCUT2D eigenvalue weighted by atomic mass is 16.7. The van der Waals surface area contributed by atoms with Crippen LogP contribution in [0.15, 0.2) is 35.6 Å². The quantitative estimate of drug-likeness (QED) is 0.320. The predicted octanol–water partition coefficient (Wildman–Crippen LogP) is 3.80. The lowest BCUT2D eigenvalue weighted by molar-refractivity contribution is -0.181. The molecule has 1 aliphatic heterocycles. The van der Waals surface area contributed by atoms with Gasteiger partial charge in [-0.2, -0.15) is 0 Å². The molecule has 0 aromatic rings. The third-order valence-electron chi connectivity index (χ3n) is 5.76. The number of ether oxygens (including phenoxy) is 4. The third kappa shape index (κ3) is 7.04. The molecule has 8 nitrogen and oxygen atoms in total. The van der Waals surface area contributed by atoms with Gasteiger partial charge in [-0.1, -0.05) is 32.1 Å². The van der Waals surface area contributed by atoms with Crippen LogP contribution in [0.4, 0.5) is 0 Å². The molecule has 182 valence electrons. The van der Waals surface area contributed by atoms with Crippen LogP contribution in [0.1, 0.15) is 59.8 Å². The SMILES string of the molecule is C=C1CCC=C(C(=O)OC)CCC2C(C(OC(C)=O)C(=O)CC(C)C)=COC(OC(C)=O)C12. The molecule has 0 amide bonds. The van der Waals surface area contributed by atoms with E-state index in [2.05, 4.69) is 6.58 Å². The van der Waals surface area contributed by atoms with Crippen LogP contribution in [0, 0.1) is 17.8 Å². The Morgan fingerprint density at radius 2 is 1.85 bits per heavy atom. The van der Waals surface area contributed by atoms with E-state index in [0.717, 1.165) is 5.57 Å². The van der Waals surface area contributed by atoms with Gasteiger partial charge >= 0.3 is 17.9 Å². The Morgan fingerprint density at radius 3 is 2.42 bits per heavy atom. The van der Waals surface area contributed by atoms with Crippen LogP contribution in [0.25, 0.3) is 0 Å². The number of esters is 3. The topological polar surface area (TPSA) is 105 Å². The molecule has 0 saturated heterocycles. The number of ketones is 1. The molecular weight excluding hydrogens is 428 g/mol. The Hall–Kier alpha value is -2.90. The molecule has 1 heterocycles. The summed E-state index contributed by atoms with van der Waals surface area (Å²) in [4.78, 5) is 48.9. The normalized spacial score (nSPS) is 23.9. The van der Waals surface area contributed by atoms with E-state index in [1.54, 1.807) is 0 Å². The van der Waals surface area contributed by atoms with Gasteiger partial charge in [-0.3, -0.25) is 14.4 Å². The van der Waals surface area contributed by atoms with Gasteiger partial charge in [-0.15, -0.1) is 0 Å². The second-order valence-electron chi connectivity index (χ2n) is 8.87. The molecule has 8 heteroatoms. The molecular formula is C25H34O8. The van der Waals surface area contributed by atoms with E-state index in [9.17, 15) is 19.2 Å². The highest BCUT2D eigenvalue weighted by molar-refractivity contribution is 5.89. The van der Waals surface area contributed by atoms with Crippen molar-refractivity contribution in [1.29, 1.82) is 0 Å². The summed E-state index contributed by atoms with van der Waals surface area (Å²) in [6.07, 6.45) is 3.22. The van der Waals surface area contributed by atoms with Crippen molar-refractivity contribution in [3.63, 3.8) is 0 Å². The first-order valence-corrected chi connectivity index (χ1v) is 11.2. The minimum absolute atomic E-state index is 0.0645. The Balaban J connectivity index is 2.52. The summed E-state index contributed by atoms with van der Waals surface area (Å²) in [7, 11) is 1.33. The second-order valence-corrected chi connectivity index (χ2v) is 8.87. The van der Waals surface area contributed by atoms with Gasteiger partial charge < -0.3 is 18.9 Å². The van der Waals surface area contributed by atoms with Crippen molar-refractivity contribution in [3.05, 3.63) is 35.6 Å². The number of methoxy groups -OCH3 is 1. The van der Waals surface area contributed by atoms with E-state index in [0.29, 0.717) is 36.8 Å². The van der Waals surface area contributed by atoms with Gasteiger partial charge in [-0.25, -0.2) is 4.79 Å². The average molecular weight is 463 g/mol. The molecule has 0 N–H and O–H groups in total. The van der Waals surface area contributed by atoms with Crippen molar-refractivity contribution in [1.82, 2.24) is 0 Å². The van der Waals surface area contributed by atoms with Crippen molar-refractivity contribution in [2.45, 2.75) is 72.2 Å².